The van der Waals surface area contributed by atoms with Crippen molar-refractivity contribution in [2.45, 2.75) is 12.7 Å². The number of imidazole rings is 1. The average molecular weight is 223 g/mol. The highest BCUT2D eigenvalue weighted by Crippen LogP contribution is 2.14. The van der Waals surface area contributed by atoms with Gasteiger partial charge >= 0.3 is 6.18 Å². The second kappa shape index (κ2) is 5.01. The lowest BCUT2D eigenvalue weighted by Gasteiger charge is -2.09. The molecule has 0 saturated carbocycles. The molecule has 0 spiro atoms. The topological polar surface area (TPSA) is 39.1 Å². The van der Waals surface area contributed by atoms with Crippen LogP contribution in [0.3, 0.4) is 0 Å². The number of hydrogen-bond acceptors (Lipinski definition) is 3. The molecular formula is C8H12F3N3O. The van der Waals surface area contributed by atoms with Crippen molar-refractivity contribution < 1.29 is 17.9 Å². The summed E-state index contributed by atoms with van der Waals surface area (Å²) in [5.74, 6) is 0.602. The fourth-order valence-electron chi connectivity index (χ4n) is 1.07. The first kappa shape index (κ1) is 11.8. The van der Waals surface area contributed by atoms with E-state index in [1.807, 2.05) is 0 Å². The number of anilines is 1. The highest BCUT2D eigenvalue weighted by molar-refractivity contribution is 5.23. The number of rotatable bonds is 5. The molecule has 0 aromatic carbocycles. The summed E-state index contributed by atoms with van der Waals surface area (Å²) >= 11 is 0. The van der Waals surface area contributed by atoms with Gasteiger partial charge in [-0.05, 0) is 0 Å². The minimum Gasteiger partial charge on any atom is -0.370 e. The van der Waals surface area contributed by atoms with E-state index in [0.717, 1.165) is 0 Å². The quantitative estimate of drug-likeness (QED) is 0.769. The third kappa shape index (κ3) is 4.20. The van der Waals surface area contributed by atoms with Gasteiger partial charge in [-0.25, -0.2) is 4.98 Å². The summed E-state index contributed by atoms with van der Waals surface area (Å²) in [7, 11) is 1.69. The molecule has 1 heterocycles. The van der Waals surface area contributed by atoms with E-state index in [0.29, 0.717) is 12.5 Å². The van der Waals surface area contributed by atoms with Crippen LogP contribution in [0.2, 0.25) is 0 Å². The minimum absolute atomic E-state index is 0.00451. The average Bonchev–Trinajstić information content (AvgIpc) is 2.58. The van der Waals surface area contributed by atoms with Crippen molar-refractivity contribution in [1.29, 1.82) is 0 Å². The maximum Gasteiger partial charge on any atom is 0.411 e. The normalized spacial score (nSPS) is 11.7. The van der Waals surface area contributed by atoms with Crippen LogP contribution in [-0.2, 0) is 11.3 Å². The molecule has 0 aliphatic carbocycles. The predicted octanol–water partition coefficient (Wildman–Crippen LogP) is 1.50. The molecule has 86 valence electrons. The molecule has 1 rings (SSSR count). The Hall–Kier alpha value is -1.24. The van der Waals surface area contributed by atoms with Gasteiger partial charge in [0.1, 0.15) is 6.61 Å². The Labute approximate surface area is 85.1 Å². The minimum atomic E-state index is -4.26. The van der Waals surface area contributed by atoms with E-state index in [4.69, 9.17) is 0 Å². The summed E-state index contributed by atoms with van der Waals surface area (Å²) < 4.78 is 41.3. The first-order valence-electron chi connectivity index (χ1n) is 4.36. The number of nitrogens with zero attached hydrogens (tertiary/aromatic N) is 2. The molecule has 0 atom stereocenters. The SMILES string of the molecule is CNc1nccn1CCOCC(F)(F)F. The molecule has 0 unspecified atom stereocenters. The zero-order chi connectivity index (χ0) is 11.3. The van der Waals surface area contributed by atoms with Gasteiger partial charge in [0.25, 0.3) is 0 Å². The standard InChI is InChI=1S/C8H12F3N3O/c1-12-7-13-2-3-14(7)4-5-15-6-8(9,10)11/h2-3H,4-6H2,1H3,(H,12,13). The Kier molecular flexibility index (Phi) is 3.96. The maximum atomic E-state index is 11.7. The van der Waals surface area contributed by atoms with Crippen LogP contribution >= 0.6 is 0 Å². The highest BCUT2D eigenvalue weighted by Gasteiger charge is 2.27. The molecule has 1 aromatic rings. The second-order valence-corrected chi connectivity index (χ2v) is 2.86. The van der Waals surface area contributed by atoms with E-state index in [1.54, 1.807) is 24.0 Å². The molecule has 7 heteroatoms. The number of hydrogen-bond donors (Lipinski definition) is 1. The second-order valence-electron chi connectivity index (χ2n) is 2.86. The van der Waals surface area contributed by atoms with E-state index < -0.39 is 12.8 Å². The summed E-state index contributed by atoms with van der Waals surface area (Å²) in [6, 6.07) is 0. The lowest BCUT2D eigenvalue weighted by atomic mass is 10.6. The van der Waals surface area contributed by atoms with Crippen LogP contribution in [0.1, 0.15) is 0 Å². The molecule has 4 nitrogen and oxygen atoms in total. The van der Waals surface area contributed by atoms with Crippen LogP contribution in [0, 0.1) is 0 Å². The summed E-state index contributed by atoms with van der Waals surface area (Å²) in [4.78, 5) is 3.94. The zero-order valence-corrected chi connectivity index (χ0v) is 8.21. The van der Waals surface area contributed by atoms with Crippen LogP contribution in [0.4, 0.5) is 19.1 Å². The summed E-state index contributed by atoms with van der Waals surface area (Å²) in [6.07, 6.45) is -1.03. The highest BCUT2D eigenvalue weighted by atomic mass is 19.4. The summed E-state index contributed by atoms with van der Waals surface area (Å²) in [5.41, 5.74) is 0. The number of nitrogens with one attached hydrogen (secondary N) is 1. The van der Waals surface area contributed by atoms with Crippen LogP contribution in [0.5, 0.6) is 0 Å². The Morgan fingerprint density at radius 2 is 2.27 bits per heavy atom. The van der Waals surface area contributed by atoms with Gasteiger partial charge in [-0.2, -0.15) is 13.2 Å². The fraction of sp³-hybridized carbons (Fsp3) is 0.625. The Bertz CT molecular complexity index is 298. The summed E-state index contributed by atoms with van der Waals surface area (Å²) in [5, 5.41) is 2.81. The summed E-state index contributed by atoms with van der Waals surface area (Å²) in [6.45, 7) is -0.868. The lowest BCUT2D eigenvalue weighted by Crippen LogP contribution is -2.19. The number of alkyl halides is 3. The van der Waals surface area contributed by atoms with Gasteiger partial charge in [0.05, 0.1) is 6.61 Å². The molecular weight excluding hydrogens is 211 g/mol. The van der Waals surface area contributed by atoms with Crippen molar-refractivity contribution in [1.82, 2.24) is 9.55 Å². The molecule has 1 aromatic heterocycles. The van der Waals surface area contributed by atoms with Gasteiger partial charge in [0.15, 0.2) is 0 Å². The first-order valence-corrected chi connectivity index (χ1v) is 4.36. The molecule has 1 N–H and O–H groups in total. The molecule has 0 saturated heterocycles. The third-order valence-corrected chi connectivity index (χ3v) is 1.68. The number of aromatic nitrogens is 2. The zero-order valence-electron chi connectivity index (χ0n) is 8.21. The molecule has 0 aliphatic heterocycles. The van der Waals surface area contributed by atoms with E-state index in [2.05, 4.69) is 15.0 Å². The van der Waals surface area contributed by atoms with Crippen molar-refractivity contribution >= 4 is 5.95 Å². The third-order valence-electron chi connectivity index (χ3n) is 1.68. The van der Waals surface area contributed by atoms with Crippen LogP contribution in [0.25, 0.3) is 0 Å². The van der Waals surface area contributed by atoms with Crippen molar-refractivity contribution in [2.75, 3.05) is 25.6 Å². The van der Waals surface area contributed by atoms with E-state index in [1.165, 1.54) is 0 Å². The van der Waals surface area contributed by atoms with Gasteiger partial charge in [0, 0.05) is 26.0 Å². The van der Waals surface area contributed by atoms with E-state index in [9.17, 15) is 13.2 Å². The molecule has 0 amide bonds. The van der Waals surface area contributed by atoms with Gasteiger partial charge in [-0.15, -0.1) is 0 Å². The molecule has 15 heavy (non-hydrogen) atoms. The van der Waals surface area contributed by atoms with Gasteiger partial charge in [-0.1, -0.05) is 0 Å². The van der Waals surface area contributed by atoms with Crippen molar-refractivity contribution in [2.24, 2.45) is 0 Å². The fourth-order valence-corrected chi connectivity index (χ4v) is 1.07. The number of halogens is 3. The van der Waals surface area contributed by atoms with Crippen LogP contribution in [-0.4, -0.2) is 36.0 Å². The van der Waals surface area contributed by atoms with Crippen LogP contribution < -0.4 is 5.32 Å². The van der Waals surface area contributed by atoms with Gasteiger partial charge < -0.3 is 14.6 Å². The van der Waals surface area contributed by atoms with Gasteiger partial charge in [-0.3, -0.25) is 0 Å². The Morgan fingerprint density at radius 1 is 1.53 bits per heavy atom. The Morgan fingerprint density at radius 3 is 2.87 bits per heavy atom. The molecule has 0 bridgehead atoms. The molecule has 0 radical (unpaired) electrons. The van der Waals surface area contributed by atoms with Crippen molar-refractivity contribution in [3.8, 4) is 0 Å². The van der Waals surface area contributed by atoms with Crippen LogP contribution in [0.15, 0.2) is 12.4 Å². The maximum absolute atomic E-state index is 11.7. The molecule has 0 aliphatic rings. The van der Waals surface area contributed by atoms with Crippen molar-refractivity contribution in [3.05, 3.63) is 12.4 Å². The number of ether oxygens (including phenoxy) is 1. The van der Waals surface area contributed by atoms with Crippen molar-refractivity contribution in [3.63, 3.8) is 0 Å². The largest absolute Gasteiger partial charge is 0.411 e. The smallest absolute Gasteiger partial charge is 0.370 e. The molecule has 0 fully saturated rings. The van der Waals surface area contributed by atoms with E-state index >= 15 is 0 Å². The predicted molar refractivity (Wildman–Crippen MR) is 48.6 cm³/mol. The van der Waals surface area contributed by atoms with Gasteiger partial charge in [0.2, 0.25) is 5.95 Å². The van der Waals surface area contributed by atoms with E-state index in [-0.39, 0.29) is 6.61 Å². The monoisotopic (exact) mass is 223 g/mol. The Balaban J connectivity index is 2.26. The first-order chi connectivity index (χ1) is 7.03. The lowest BCUT2D eigenvalue weighted by molar-refractivity contribution is -0.174.